The average molecular weight is 164 g/mol. The van der Waals surface area contributed by atoms with Gasteiger partial charge in [0.15, 0.2) is 0 Å². The molecule has 62 valence electrons. The Labute approximate surface area is 69.0 Å². The van der Waals surface area contributed by atoms with Gasteiger partial charge in [0.05, 0.1) is 11.8 Å². The first kappa shape index (κ1) is 7.02. The van der Waals surface area contributed by atoms with E-state index >= 15 is 0 Å². The maximum absolute atomic E-state index is 5.04. The number of nitrogens with zero attached hydrogens (tertiary/aromatic N) is 4. The van der Waals surface area contributed by atoms with E-state index < -0.39 is 0 Å². The lowest BCUT2D eigenvalue weighted by atomic mass is 10.3. The summed E-state index contributed by atoms with van der Waals surface area (Å²) in [5, 5.41) is 11.4. The summed E-state index contributed by atoms with van der Waals surface area (Å²) in [6.45, 7) is 1.95. The first-order valence-electron chi connectivity index (χ1n) is 3.54. The van der Waals surface area contributed by atoms with Gasteiger partial charge < -0.3 is 4.42 Å². The van der Waals surface area contributed by atoms with E-state index in [4.69, 9.17) is 4.42 Å². The van der Waals surface area contributed by atoms with Gasteiger partial charge >= 0.3 is 0 Å². The molecule has 0 unspecified atom stereocenters. The van der Waals surface area contributed by atoms with E-state index in [1.807, 2.05) is 14.0 Å². The number of rotatable bonds is 1. The van der Waals surface area contributed by atoms with E-state index in [2.05, 4.69) is 15.3 Å². The third-order valence-corrected chi connectivity index (χ3v) is 1.83. The van der Waals surface area contributed by atoms with Crippen LogP contribution in [0.1, 0.15) is 5.69 Å². The minimum absolute atomic E-state index is 0.514. The van der Waals surface area contributed by atoms with Crippen LogP contribution in [0, 0.1) is 6.92 Å². The van der Waals surface area contributed by atoms with Crippen LogP contribution in [0.4, 0.5) is 0 Å². The first-order valence-corrected chi connectivity index (χ1v) is 3.54. The SMILES string of the molecule is Cc1c(-c2nnco2)cnn1C. The minimum Gasteiger partial charge on any atom is -0.423 e. The molecule has 0 radical (unpaired) electrons. The summed E-state index contributed by atoms with van der Waals surface area (Å²) in [6, 6.07) is 0. The Morgan fingerprint density at radius 3 is 2.83 bits per heavy atom. The fourth-order valence-corrected chi connectivity index (χ4v) is 0.999. The smallest absolute Gasteiger partial charge is 0.250 e. The van der Waals surface area contributed by atoms with Crippen molar-refractivity contribution in [2.45, 2.75) is 6.92 Å². The van der Waals surface area contributed by atoms with Crippen molar-refractivity contribution in [2.75, 3.05) is 0 Å². The lowest BCUT2D eigenvalue weighted by Crippen LogP contribution is -1.92. The van der Waals surface area contributed by atoms with Gasteiger partial charge in [-0.25, -0.2) is 0 Å². The van der Waals surface area contributed by atoms with Crippen molar-refractivity contribution in [3.05, 3.63) is 18.3 Å². The van der Waals surface area contributed by atoms with Crippen molar-refractivity contribution in [3.8, 4) is 11.5 Å². The van der Waals surface area contributed by atoms with Crippen molar-refractivity contribution in [3.63, 3.8) is 0 Å². The predicted octanol–water partition coefficient (Wildman–Crippen LogP) is 0.779. The van der Waals surface area contributed by atoms with Gasteiger partial charge in [0.1, 0.15) is 0 Å². The number of aryl methyl sites for hydroxylation is 1. The molecule has 0 spiro atoms. The Kier molecular flexibility index (Phi) is 1.43. The fourth-order valence-electron chi connectivity index (χ4n) is 0.999. The highest BCUT2D eigenvalue weighted by Crippen LogP contribution is 2.18. The van der Waals surface area contributed by atoms with Gasteiger partial charge in [-0.3, -0.25) is 4.68 Å². The number of hydrogen-bond acceptors (Lipinski definition) is 4. The monoisotopic (exact) mass is 164 g/mol. The topological polar surface area (TPSA) is 56.7 Å². The van der Waals surface area contributed by atoms with Gasteiger partial charge in [0.25, 0.3) is 5.89 Å². The maximum Gasteiger partial charge on any atom is 0.250 e. The molecule has 5 heteroatoms. The van der Waals surface area contributed by atoms with E-state index in [9.17, 15) is 0 Å². The average Bonchev–Trinajstić information content (AvgIpc) is 2.64. The zero-order valence-corrected chi connectivity index (χ0v) is 6.85. The molecule has 5 nitrogen and oxygen atoms in total. The largest absolute Gasteiger partial charge is 0.423 e. The molecule has 0 saturated heterocycles. The lowest BCUT2D eigenvalue weighted by molar-refractivity contribution is 0.568. The number of aromatic nitrogens is 4. The molecule has 2 heterocycles. The van der Waals surface area contributed by atoms with Crippen molar-refractivity contribution >= 4 is 0 Å². The van der Waals surface area contributed by atoms with E-state index in [0.717, 1.165) is 11.3 Å². The van der Waals surface area contributed by atoms with Crippen LogP contribution in [0.3, 0.4) is 0 Å². The Bertz CT molecular complexity index is 376. The second kappa shape index (κ2) is 2.44. The van der Waals surface area contributed by atoms with Crippen molar-refractivity contribution in [1.29, 1.82) is 0 Å². The molecule has 0 amide bonds. The van der Waals surface area contributed by atoms with Crippen LogP contribution >= 0.6 is 0 Å². The summed E-state index contributed by atoms with van der Waals surface area (Å²) in [4.78, 5) is 0. The summed E-state index contributed by atoms with van der Waals surface area (Å²) >= 11 is 0. The highest BCUT2D eigenvalue weighted by molar-refractivity contribution is 5.54. The molecular formula is C7H8N4O. The van der Waals surface area contributed by atoms with E-state index in [-0.39, 0.29) is 0 Å². The molecular weight excluding hydrogens is 156 g/mol. The van der Waals surface area contributed by atoms with Crippen LogP contribution in [0.2, 0.25) is 0 Å². The molecule has 0 aliphatic rings. The molecule has 0 saturated carbocycles. The zero-order valence-electron chi connectivity index (χ0n) is 6.85. The summed E-state index contributed by atoms with van der Waals surface area (Å²) < 4.78 is 6.80. The highest BCUT2D eigenvalue weighted by atomic mass is 16.4. The van der Waals surface area contributed by atoms with Gasteiger partial charge in [0, 0.05) is 12.7 Å². The summed E-state index contributed by atoms with van der Waals surface area (Å²) in [7, 11) is 1.87. The summed E-state index contributed by atoms with van der Waals surface area (Å²) in [5.41, 5.74) is 1.90. The molecule has 0 N–H and O–H groups in total. The molecule has 12 heavy (non-hydrogen) atoms. The molecule has 0 aromatic carbocycles. The third-order valence-electron chi connectivity index (χ3n) is 1.83. The van der Waals surface area contributed by atoms with Crippen LogP contribution in [0.15, 0.2) is 17.0 Å². The molecule has 0 atom stereocenters. The quantitative estimate of drug-likeness (QED) is 0.624. The van der Waals surface area contributed by atoms with Crippen LogP contribution in [0.25, 0.3) is 11.5 Å². The number of hydrogen-bond donors (Lipinski definition) is 0. The zero-order chi connectivity index (χ0) is 8.55. The Morgan fingerprint density at radius 1 is 1.50 bits per heavy atom. The summed E-state index contributed by atoms with van der Waals surface area (Å²) in [5.74, 6) is 0.514. The molecule has 2 aromatic heterocycles. The van der Waals surface area contributed by atoms with Gasteiger partial charge in [-0.15, -0.1) is 10.2 Å². The standard InChI is InChI=1S/C7H8N4O/c1-5-6(3-9-11(5)2)7-10-8-4-12-7/h3-4H,1-2H3. The van der Waals surface area contributed by atoms with Crippen LogP contribution in [0.5, 0.6) is 0 Å². The highest BCUT2D eigenvalue weighted by Gasteiger charge is 2.10. The molecule has 2 rings (SSSR count). The van der Waals surface area contributed by atoms with Gasteiger partial charge in [0.2, 0.25) is 6.39 Å². The second-order valence-electron chi connectivity index (χ2n) is 2.51. The van der Waals surface area contributed by atoms with Crippen molar-refractivity contribution in [2.24, 2.45) is 7.05 Å². The van der Waals surface area contributed by atoms with E-state index in [1.165, 1.54) is 6.39 Å². The predicted molar refractivity (Wildman–Crippen MR) is 41.2 cm³/mol. The van der Waals surface area contributed by atoms with E-state index in [0.29, 0.717) is 5.89 Å². The molecule has 0 aliphatic carbocycles. The molecule has 0 aliphatic heterocycles. The van der Waals surface area contributed by atoms with Gasteiger partial charge in [-0.1, -0.05) is 0 Å². The van der Waals surface area contributed by atoms with Gasteiger partial charge in [-0.2, -0.15) is 5.10 Å². The second-order valence-corrected chi connectivity index (χ2v) is 2.51. The molecule has 2 aromatic rings. The molecule has 0 fully saturated rings. The van der Waals surface area contributed by atoms with Gasteiger partial charge in [-0.05, 0) is 6.92 Å². The van der Waals surface area contributed by atoms with Crippen molar-refractivity contribution < 1.29 is 4.42 Å². The van der Waals surface area contributed by atoms with Crippen LogP contribution in [-0.4, -0.2) is 20.0 Å². The minimum atomic E-state index is 0.514. The third kappa shape index (κ3) is 0.903. The first-order chi connectivity index (χ1) is 5.79. The Balaban J connectivity index is 2.55. The van der Waals surface area contributed by atoms with Crippen LogP contribution < -0.4 is 0 Å². The Morgan fingerprint density at radius 2 is 2.33 bits per heavy atom. The Hall–Kier alpha value is -1.65. The van der Waals surface area contributed by atoms with Crippen LogP contribution in [-0.2, 0) is 7.05 Å². The van der Waals surface area contributed by atoms with Crippen molar-refractivity contribution in [1.82, 2.24) is 20.0 Å². The fraction of sp³-hybridized carbons (Fsp3) is 0.286. The molecule has 0 bridgehead atoms. The normalized spacial score (nSPS) is 10.5. The summed E-state index contributed by atoms with van der Waals surface area (Å²) in [6.07, 6.45) is 3.02. The lowest BCUT2D eigenvalue weighted by Gasteiger charge is -1.93. The maximum atomic E-state index is 5.04. The van der Waals surface area contributed by atoms with E-state index in [1.54, 1.807) is 10.9 Å².